The van der Waals surface area contributed by atoms with Crippen molar-refractivity contribution in [2.45, 2.75) is 24.8 Å². The molecule has 6 nitrogen and oxygen atoms in total. The molecule has 1 aliphatic carbocycles. The van der Waals surface area contributed by atoms with Crippen LogP contribution in [-0.4, -0.2) is 36.7 Å². The van der Waals surface area contributed by atoms with E-state index in [1.807, 2.05) is 0 Å². The Morgan fingerprint density at radius 2 is 2.00 bits per heavy atom. The summed E-state index contributed by atoms with van der Waals surface area (Å²) in [6, 6.07) is -0.334. The van der Waals surface area contributed by atoms with E-state index < -0.39 is 9.84 Å². The summed E-state index contributed by atoms with van der Waals surface area (Å²) in [6.07, 6.45) is 2.19. The molecule has 0 bridgehead atoms. The molecule has 1 aliphatic heterocycles. The lowest BCUT2D eigenvalue weighted by Crippen LogP contribution is -2.39. The summed E-state index contributed by atoms with van der Waals surface area (Å²) in [4.78, 5) is 0. The quantitative estimate of drug-likeness (QED) is 0.787. The minimum Gasteiger partial charge on any atom is -0.423 e. The highest BCUT2D eigenvalue weighted by molar-refractivity contribution is 7.91. The van der Waals surface area contributed by atoms with Crippen LogP contribution in [0.1, 0.15) is 36.6 Å². The van der Waals surface area contributed by atoms with Crippen molar-refractivity contribution in [3.8, 4) is 0 Å². The molecule has 1 saturated heterocycles. The van der Waals surface area contributed by atoms with Gasteiger partial charge in [-0.15, -0.1) is 10.2 Å². The first kappa shape index (κ1) is 10.2. The van der Waals surface area contributed by atoms with Crippen LogP contribution in [0.3, 0.4) is 0 Å². The van der Waals surface area contributed by atoms with Gasteiger partial charge in [0.1, 0.15) is 6.04 Å². The van der Waals surface area contributed by atoms with E-state index in [0.29, 0.717) is 24.2 Å². The van der Waals surface area contributed by atoms with E-state index in [1.165, 1.54) is 0 Å². The minimum atomic E-state index is -2.97. The highest BCUT2D eigenvalue weighted by Crippen LogP contribution is 2.39. The van der Waals surface area contributed by atoms with Gasteiger partial charge in [0.25, 0.3) is 0 Å². The molecule has 1 unspecified atom stereocenters. The van der Waals surface area contributed by atoms with Gasteiger partial charge in [-0.25, -0.2) is 8.42 Å². The number of sulfone groups is 1. The Labute approximate surface area is 93.4 Å². The van der Waals surface area contributed by atoms with Crippen LogP contribution in [0.4, 0.5) is 0 Å². The normalized spacial score (nSPS) is 29.1. The summed E-state index contributed by atoms with van der Waals surface area (Å²) in [5.41, 5.74) is 0. The van der Waals surface area contributed by atoms with Crippen molar-refractivity contribution in [1.82, 2.24) is 15.5 Å². The summed E-state index contributed by atoms with van der Waals surface area (Å²) in [5.74, 6) is 1.71. The summed E-state index contributed by atoms with van der Waals surface area (Å²) >= 11 is 0. The summed E-state index contributed by atoms with van der Waals surface area (Å²) in [5, 5.41) is 11.0. The van der Waals surface area contributed by atoms with Gasteiger partial charge in [-0.1, -0.05) is 0 Å². The molecule has 1 N–H and O–H groups in total. The molecular weight excluding hydrogens is 230 g/mol. The van der Waals surface area contributed by atoms with Crippen LogP contribution >= 0.6 is 0 Å². The van der Waals surface area contributed by atoms with Gasteiger partial charge >= 0.3 is 0 Å². The Morgan fingerprint density at radius 3 is 2.69 bits per heavy atom. The van der Waals surface area contributed by atoms with E-state index in [-0.39, 0.29) is 17.5 Å². The zero-order valence-electron chi connectivity index (χ0n) is 8.72. The summed E-state index contributed by atoms with van der Waals surface area (Å²) in [7, 11) is -2.97. The first-order chi connectivity index (χ1) is 7.64. The van der Waals surface area contributed by atoms with E-state index in [0.717, 1.165) is 12.8 Å². The molecule has 1 aromatic heterocycles. The second kappa shape index (κ2) is 3.53. The molecule has 16 heavy (non-hydrogen) atoms. The van der Waals surface area contributed by atoms with Crippen molar-refractivity contribution in [1.29, 1.82) is 0 Å². The number of nitrogens with one attached hydrogen (secondary N) is 1. The molecule has 0 radical (unpaired) electrons. The molecule has 88 valence electrons. The highest BCUT2D eigenvalue weighted by Gasteiger charge is 2.33. The third kappa shape index (κ3) is 1.97. The van der Waals surface area contributed by atoms with E-state index in [4.69, 9.17) is 4.42 Å². The molecule has 0 aromatic carbocycles. The number of hydrogen-bond donors (Lipinski definition) is 1. The van der Waals surface area contributed by atoms with Crippen molar-refractivity contribution >= 4 is 9.84 Å². The SMILES string of the molecule is O=S1(=O)CCNC(c2nnc(C3CC3)o2)C1. The van der Waals surface area contributed by atoms with Crippen molar-refractivity contribution < 1.29 is 12.8 Å². The van der Waals surface area contributed by atoms with Crippen molar-refractivity contribution in [2.24, 2.45) is 0 Å². The fourth-order valence-electron chi connectivity index (χ4n) is 1.83. The molecular formula is C9H13N3O3S. The van der Waals surface area contributed by atoms with Gasteiger partial charge < -0.3 is 9.73 Å². The predicted molar refractivity (Wildman–Crippen MR) is 55.7 cm³/mol. The molecule has 2 fully saturated rings. The predicted octanol–water partition coefficient (Wildman–Crippen LogP) is 0.00610. The molecule has 2 heterocycles. The topological polar surface area (TPSA) is 85.1 Å². The van der Waals surface area contributed by atoms with Crippen LogP contribution in [0.5, 0.6) is 0 Å². The van der Waals surface area contributed by atoms with Crippen LogP contribution < -0.4 is 5.32 Å². The van der Waals surface area contributed by atoms with Crippen molar-refractivity contribution in [3.63, 3.8) is 0 Å². The molecule has 0 spiro atoms. The highest BCUT2D eigenvalue weighted by atomic mass is 32.2. The molecule has 1 saturated carbocycles. The van der Waals surface area contributed by atoms with Gasteiger partial charge in [-0.05, 0) is 12.8 Å². The Bertz CT molecular complexity index is 492. The number of hydrogen-bond acceptors (Lipinski definition) is 6. The molecule has 0 amide bonds. The van der Waals surface area contributed by atoms with Gasteiger partial charge in [0.15, 0.2) is 9.84 Å². The number of rotatable bonds is 2. The average molecular weight is 243 g/mol. The third-order valence-corrected chi connectivity index (χ3v) is 4.57. The first-order valence-electron chi connectivity index (χ1n) is 5.41. The van der Waals surface area contributed by atoms with Gasteiger partial charge in [-0.3, -0.25) is 0 Å². The lowest BCUT2D eigenvalue weighted by Gasteiger charge is -2.20. The Kier molecular flexibility index (Phi) is 2.25. The van der Waals surface area contributed by atoms with E-state index in [9.17, 15) is 8.42 Å². The van der Waals surface area contributed by atoms with Gasteiger partial charge in [0, 0.05) is 12.5 Å². The fourth-order valence-corrected chi connectivity index (χ4v) is 3.19. The molecule has 7 heteroatoms. The maximum Gasteiger partial charge on any atom is 0.234 e. The van der Waals surface area contributed by atoms with Crippen LogP contribution in [0.15, 0.2) is 4.42 Å². The molecule has 3 rings (SSSR count). The Morgan fingerprint density at radius 1 is 1.25 bits per heavy atom. The molecule has 1 aromatic rings. The zero-order valence-corrected chi connectivity index (χ0v) is 9.53. The molecule has 2 aliphatic rings. The zero-order chi connectivity index (χ0) is 11.2. The van der Waals surface area contributed by atoms with Crippen LogP contribution in [-0.2, 0) is 9.84 Å². The van der Waals surface area contributed by atoms with E-state index in [1.54, 1.807) is 0 Å². The second-order valence-electron chi connectivity index (χ2n) is 4.37. The van der Waals surface area contributed by atoms with E-state index >= 15 is 0 Å². The maximum atomic E-state index is 11.5. The lowest BCUT2D eigenvalue weighted by molar-refractivity contribution is 0.391. The smallest absolute Gasteiger partial charge is 0.234 e. The second-order valence-corrected chi connectivity index (χ2v) is 6.60. The van der Waals surface area contributed by atoms with Crippen LogP contribution in [0, 0.1) is 0 Å². The van der Waals surface area contributed by atoms with Crippen LogP contribution in [0.2, 0.25) is 0 Å². The van der Waals surface area contributed by atoms with Gasteiger partial charge in [0.2, 0.25) is 11.8 Å². The van der Waals surface area contributed by atoms with Gasteiger partial charge in [0.05, 0.1) is 11.5 Å². The average Bonchev–Trinajstić information content (AvgIpc) is 2.95. The fraction of sp³-hybridized carbons (Fsp3) is 0.778. The summed E-state index contributed by atoms with van der Waals surface area (Å²) in [6.45, 7) is 0.453. The van der Waals surface area contributed by atoms with E-state index in [2.05, 4.69) is 15.5 Å². The maximum absolute atomic E-state index is 11.5. The van der Waals surface area contributed by atoms with Crippen LogP contribution in [0.25, 0.3) is 0 Å². The van der Waals surface area contributed by atoms with Gasteiger partial charge in [-0.2, -0.15) is 0 Å². The number of aromatic nitrogens is 2. The largest absolute Gasteiger partial charge is 0.423 e. The minimum absolute atomic E-state index is 0.0549. The van der Waals surface area contributed by atoms with Crippen molar-refractivity contribution in [3.05, 3.63) is 11.8 Å². The monoisotopic (exact) mass is 243 g/mol. The lowest BCUT2D eigenvalue weighted by atomic mass is 10.3. The summed E-state index contributed by atoms with van der Waals surface area (Å²) < 4.78 is 28.4. The Balaban J connectivity index is 1.80. The first-order valence-corrected chi connectivity index (χ1v) is 7.23. The number of nitrogens with zero attached hydrogens (tertiary/aromatic N) is 2. The molecule has 1 atom stereocenters. The Hall–Kier alpha value is -0.950. The standard InChI is InChI=1S/C9H13N3O3S/c13-16(14)4-3-10-7(5-16)9-12-11-8(15-9)6-1-2-6/h6-7,10H,1-5H2. The van der Waals surface area contributed by atoms with Crippen molar-refractivity contribution in [2.75, 3.05) is 18.1 Å². The third-order valence-electron chi connectivity index (χ3n) is 2.91.